The maximum absolute atomic E-state index is 6.07. The lowest BCUT2D eigenvalue weighted by Crippen LogP contribution is -2.45. The monoisotopic (exact) mass is 274 g/mol. The zero-order valence-corrected chi connectivity index (χ0v) is 12.5. The number of nitrogens with one attached hydrogen (secondary N) is 1. The van der Waals surface area contributed by atoms with Crippen LogP contribution in [0.5, 0.6) is 0 Å². The van der Waals surface area contributed by atoms with Crippen LogP contribution in [0.1, 0.15) is 37.0 Å². The number of hydrogen-bond acceptors (Lipinski definition) is 3. The fourth-order valence-electron chi connectivity index (χ4n) is 3.55. The summed E-state index contributed by atoms with van der Waals surface area (Å²) in [6.45, 7) is 7.61. The van der Waals surface area contributed by atoms with Crippen molar-refractivity contribution in [2.45, 2.75) is 38.3 Å². The Morgan fingerprint density at radius 1 is 1.25 bits per heavy atom. The SMILES string of the molecule is CCN(CC1OCCc2ccccc21)C1CCNCC1. The van der Waals surface area contributed by atoms with Gasteiger partial charge in [-0.1, -0.05) is 31.2 Å². The summed E-state index contributed by atoms with van der Waals surface area (Å²) in [7, 11) is 0. The lowest BCUT2D eigenvalue weighted by atomic mass is 9.96. The van der Waals surface area contributed by atoms with Crippen molar-refractivity contribution >= 4 is 0 Å². The number of likely N-dealkylation sites (N-methyl/N-ethyl adjacent to an activating group) is 1. The second-order valence-electron chi connectivity index (χ2n) is 5.88. The number of rotatable bonds is 4. The van der Waals surface area contributed by atoms with Gasteiger partial charge in [-0.3, -0.25) is 4.90 Å². The fraction of sp³-hybridized carbons (Fsp3) is 0.647. The van der Waals surface area contributed by atoms with Crippen molar-refractivity contribution in [1.29, 1.82) is 0 Å². The van der Waals surface area contributed by atoms with E-state index in [9.17, 15) is 0 Å². The van der Waals surface area contributed by atoms with Gasteiger partial charge in [-0.25, -0.2) is 0 Å². The molecular formula is C17H26N2O. The van der Waals surface area contributed by atoms with Gasteiger partial charge in [0.25, 0.3) is 0 Å². The van der Waals surface area contributed by atoms with Crippen LogP contribution in [0.15, 0.2) is 24.3 Å². The number of hydrogen-bond donors (Lipinski definition) is 1. The first kappa shape index (κ1) is 14.1. The van der Waals surface area contributed by atoms with Crippen molar-refractivity contribution in [2.24, 2.45) is 0 Å². The molecule has 0 amide bonds. The highest BCUT2D eigenvalue weighted by Gasteiger charge is 2.26. The highest BCUT2D eigenvalue weighted by Crippen LogP contribution is 2.28. The van der Waals surface area contributed by atoms with E-state index in [2.05, 4.69) is 41.4 Å². The first-order valence-electron chi connectivity index (χ1n) is 8.02. The largest absolute Gasteiger partial charge is 0.372 e. The molecule has 2 heterocycles. The van der Waals surface area contributed by atoms with Crippen LogP contribution in [0.25, 0.3) is 0 Å². The molecule has 0 aromatic heterocycles. The highest BCUT2D eigenvalue weighted by atomic mass is 16.5. The van der Waals surface area contributed by atoms with Gasteiger partial charge in [0.1, 0.15) is 0 Å². The van der Waals surface area contributed by atoms with E-state index < -0.39 is 0 Å². The van der Waals surface area contributed by atoms with Crippen LogP contribution in [0.2, 0.25) is 0 Å². The number of benzene rings is 1. The lowest BCUT2D eigenvalue weighted by Gasteiger charge is -2.37. The average molecular weight is 274 g/mol. The molecule has 0 spiro atoms. The molecule has 1 aromatic rings. The summed E-state index contributed by atoms with van der Waals surface area (Å²) in [5.74, 6) is 0. The highest BCUT2D eigenvalue weighted by molar-refractivity contribution is 5.31. The van der Waals surface area contributed by atoms with Crippen LogP contribution < -0.4 is 5.32 Å². The molecule has 1 aromatic carbocycles. The molecule has 0 bridgehead atoms. The van der Waals surface area contributed by atoms with Gasteiger partial charge in [0.05, 0.1) is 12.7 Å². The summed E-state index contributed by atoms with van der Waals surface area (Å²) < 4.78 is 6.07. The molecule has 0 radical (unpaired) electrons. The van der Waals surface area contributed by atoms with E-state index in [1.807, 2.05) is 0 Å². The van der Waals surface area contributed by atoms with Crippen LogP contribution >= 0.6 is 0 Å². The van der Waals surface area contributed by atoms with Crippen LogP contribution in [-0.2, 0) is 11.2 Å². The van der Waals surface area contributed by atoms with E-state index in [0.29, 0.717) is 0 Å². The Morgan fingerprint density at radius 3 is 2.85 bits per heavy atom. The number of fused-ring (bicyclic) bond motifs is 1. The van der Waals surface area contributed by atoms with Crippen molar-refractivity contribution in [3.63, 3.8) is 0 Å². The molecule has 1 N–H and O–H groups in total. The standard InChI is InChI=1S/C17H26N2O/c1-2-19(15-7-10-18-11-8-15)13-17-16-6-4-3-5-14(16)9-12-20-17/h3-6,15,17-18H,2,7-13H2,1H3. The minimum Gasteiger partial charge on any atom is -0.372 e. The number of ether oxygens (including phenoxy) is 1. The summed E-state index contributed by atoms with van der Waals surface area (Å²) in [6, 6.07) is 9.51. The van der Waals surface area contributed by atoms with E-state index in [1.165, 1.54) is 24.0 Å². The Kier molecular flexibility index (Phi) is 4.71. The lowest BCUT2D eigenvalue weighted by molar-refractivity contribution is 0.00376. The van der Waals surface area contributed by atoms with Crippen molar-refractivity contribution < 1.29 is 4.74 Å². The molecule has 1 atom stereocenters. The second kappa shape index (κ2) is 6.70. The van der Waals surface area contributed by atoms with Crippen molar-refractivity contribution in [3.8, 4) is 0 Å². The fourth-order valence-corrected chi connectivity index (χ4v) is 3.55. The third-order valence-corrected chi connectivity index (χ3v) is 4.72. The predicted molar refractivity (Wildman–Crippen MR) is 82.0 cm³/mol. The van der Waals surface area contributed by atoms with E-state index in [1.54, 1.807) is 0 Å². The second-order valence-corrected chi connectivity index (χ2v) is 5.88. The molecule has 1 unspecified atom stereocenters. The first-order chi connectivity index (χ1) is 9.88. The topological polar surface area (TPSA) is 24.5 Å². The van der Waals surface area contributed by atoms with Gasteiger partial charge in [0.15, 0.2) is 0 Å². The molecular weight excluding hydrogens is 248 g/mol. The van der Waals surface area contributed by atoms with Gasteiger partial charge in [-0.2, -0.15) is 0 Å². The van der Waals surface area contributed by atoms with Gasteiger partial charge < -0.3 is 10.1 Å². The van der Waals surface area contributed by atoms with Crippen LogP contribution in [-0.4, -0.2) is 43.7 Å². The van der Waals surface area contributed by atoms with Gasteiger partial charge in [0, 0.05) is 12.6 Å². The molecule has 1 saturated heterocycles. The number of piperidine rings is 1. The van der Waals surface area contributed by atoms with Gasteiger partial charge in [-0.15, -0.1) is 0 Å². The summed E-state index contributed by atoms with van der Waals surface area (Å²) in [5, 5.41) is 3.46. The predicted octanol–water partition coefficient (Wildman–Crippen LogP) is 2.37. The minimum absolute atomic E-state index is 0.259. The zero-order valence-electron chi connectivity index (χ0n) is 12.5. The van der Waals surface area contributed by atoms with Gasteiger partial charge in [0.2, 0.25) is 0 Å². The zero-order chi connectivity index (χ0) is 13.8. The van der Waals surface area contributed by atoms with Crippen molar-refractivity contribution in [3.05, 3.63) is 35.4 Å². The Morgan fingerprint density at radius 2 is 2.05 bits per heavy atom. The quantitative estimate of drug-likeness (QED) is 0.912. The molecule has 0 aliphatic carbocycles. The average Bonchev–Trinajstić information content (AvgIpc) is 2.53. The molecule has 1 fully saturated rings. The molecule has 2 aliphatic rings. The van der Waals surface area contributed by atoms with Gasteiger partial charge in [-0.05, 0) is 50.0 Å². The van der Waals surface area contributed by atoms with Crippen LogP contribution in [0.3, 0.4) is 0 Å². The van der Waals surface area contributed by atoms with Crippen LogP contribution in [0, 0.1) is 0 Å². The van der Waals surface area contributed by atoms with E-state index in [4.69, 9.17) is 4.74 Å². The summed E-state index contributed by atoms with van der Waals surface area (Å²) >= 11 is 0. The Bertz CT molecular complexity index is 429. The molecule has 3 rings (SSSR count). The smallest absolute Gasteiger partial charge is 0.0954 e. The van der Waals surface area contributed by atoms with E-state index in [-0.39, 0.29) is 6.10 Å². The van der Waals surface area contributed by atoms with Crippen molar-refractivity contribution in [1.82, 2.24) is 10.2 Å². The molecule has 3 nitrogen and oxygen atoms in total. The van der Waals surface area contributed by atoms with Crippen molar-refractivity contribution in [2.75, 3.05) is 32.8 Å². The molecule has 2 aliphatic heterocycles. The van der Waals surface area contributed by atoms with Gasteiger partial charge >= 0.3 is 0 Å². The molecule has 110 valence electrons. The van der Waals surface area contributed by atoms with Crippen LogP contribution in [0.4, 0.5) is 0 Å². The van der Waals surface area contributed by atoms with E-state index in [0.717, 1.165) is 45.2 Å². The molecule has 0 saturated carbocycles. The minimum atomic E-state index is 0.259. The normalized spacial score (nSPS) is 23.8. The first-order valence-corrected chi connectivity index (χ1v) is 8.02. The molecule has 3 heteroatoms. The summed E-state index contributed by atoms with van der Waals surface area (Å²) in [4.78, 5) is 2.62. The summed E-state index contributed by atoms with van der Waals surface area (Å²) in [5.41, 5.74) is 2.89. The number of nitrogens with zero attached hydrogens (tertiary/aromatic N) is 1. The maximum Gasteiger partial charge on any atom is 0.0954 e. The molecule has 20 heavy (non-hydrogen) atoms. The Hall–Kier alpha value is -0.900. The third kappa shape index (κ3) is 3.05. The third-order valence-electron chi connectivity index (χ3n) is 4.72. The Balaban J connectivity index is 1.70. The maximum atomic E-state index is 6.07. The van der Waals surface area contributed by atoms with E-state index >= 15 is 0 Å². The summed E-state index contributed by atoms with van der Waals surface area (Å²) in [6.07, 6.45) is 3.85. The Labute approximate surface area is 122 Å².